The van der Waals surface area contributed by atoms with Gasteiger partial charge in [0.15, 0.2) is 0 Å². The summed E-state index contributed by atoms with van der Waals surface area (Å²) in [6.45, 7) is 1.96. The molecule has 0 aliphatic rings. The topological polar surface area (TPSA) is 72.3 Å². The van der Waals surface area contributed by atoms with Crippen LogP contribution in [-0.2, 0) is 11.2 Å². The fourth-order valence-electron chi connectivity index (χ4n) is 2.02. The van der Waals surface area contributed by atoms with Crippen molar-refractivity contribution in [2.45, 2.75) is 19.3 Å². The van der Waals surface area contributed by atoms with E-state index in [2.05, 4.69) is 25.9 Å². The van der Waals surface area contributed by atoms with Crippen LogP contribution in [-0.4, -0.2) is 28.2 Å². The highest BCUT2D eigenvalue weighted by atomic mass is 79.9. The van der Waals surface area contributed by atoms with Gasteiger partial charge in [-0.05, 0) is 40.4 Å². The van der Waals surface area contributed by atoms with Gasteiger partial charge in [-0.3, -0.25) is 4.79 Å². The van der Waals surface area contributed by atoms with Crippen LogP contribution in [0.3, 0.4) is 0 Å². The van der Waals surface area contributed by atoms with Crippen molar-refractivity contribution in [3.8, 4) is 5.88 Å². The Balaban J connectivity index is 2.36. The number of halogens is 1. The number of benzene rings is 1. The third-order valence-corrected chi connectivity index (χ3v) is 3.76. The molecule has 2 aromatic rings. The van der Waals surface area contributed by atoms with Crippen LogP contribution >= 0.6 is 15.9 Å². The number of rotatable bonds is 5. The second-order valence-corrected chi connectivity index (χ2v) is 5.46. The molecule has 0 bridgehead atoms. The summed E-state index contributed by atoms with van der Waals surface area (Å²) in [6.07, 6.45) is 1.85. The Morgan fingerprint density at radius 2 is 2.14 bits per heavy atom. The van der Waals surface area contributed by atoms with Gasteiger partial charge in [-0.2, -0.15) is 4.98 Å². The lowest BCUT2D eigenvalue weighted by molar-refractivity contribution is -0.139. The van der Waals surface area contributed by atoms with Gasteiger partial charge in [0.2, 0.25) is 5.88 Å². The first kappa shape index (κ1) is 15.4. The molecule has 5 nitrogen and oxygen atoms in total. The molecule has 1 aromatic heterocycles. The van der Waals surface area contributed by atoms with E-state index in [1.165, 1.54) is 13.3 Å². The predicted molar refractivity (Wildman–Crippen MR) is 81.5 cm³/mol. The fourth-order valence-corrected chi connectivity index (χ4v) is 2.38. The van der Waals surface area contributed by atoms with Crippen LogP contribution in [0, 0.1) is 6.92 Å². The van der Waals surface area contributed by atoms with Gasteiger partial charge in [-0.25, -0.2) is 4.98 Å². The minimum atomic E-state index is -0.956. The molecule has 1 atom stereocenters. The van der Waals surface area contributed by atoms with Crippen LogP contribution in [0.5, 0.6) is 5.88 Å². The van der Waals surface area contributed by atoms with E-state index < -0.39 is 11.9 Å². The highest BCUT2D eigenvalue weighted by Gasteiger charge is 2.25. The summed E-state index contributed by atoms with van der Waals surface area (Å²) >= 11 is 3.26. The maximum Gasteiger partial charge on any atom is 0.314 e. The Morgan fingerprint density at radius 1 is 1.43 bits per heavy atom. The molecule has 1 heterocycles. The van der Waals surface area contributed by atoms with E-state index >= 15 is 0 Å². The number of methoxy groups -OCH3 is 1. The number of hydrogen-bond acceptors (Lipinski definition) is 4. The molecular formula is C15H15BrN2O3. The number of aliphatic carboxylic acids is 1. The maximum atomic E-state index is 11.6. The van der Waals surface area contributed by atoms with E-state index in [0.29, 0.717) is 16.8 Å². The highest BCUT2D eigenvalue weighted by molar-refractivity contribution is 9.10. The van der Waals surface area contributed by atoms with Crippen molar-refractivity contribution in [3.05, 3.63) is 51.9 Å². The molecule has 0 saturated heterocycles. The summed E-state index contributed by atoms with van der Waals surface area (Å²) in [6, 6.07) is 7.69. The molecule has 0 aliphatic carbocycles. The summed E-state index contributed by atoms with van der Waals surface area (Å²) in [4.78, 5) is 19.9. The molecule has 0 amide bonds. The molecule has 0 aliphatic heterocycles. The molecule has 2 rings (SSSR count). The molecule has 0 spiro atoms. The number of hydrogen-bond donors (Lipinski definition) is 1. The van der Waals surface area contributed by atoms with E-state index in [-0.39, 0.29) is 5.82 Å². The third-order valence-electron chi connectivity index (χ3n) is 3.22. The molecule has 0 fully saturated rings. The van der Waals surface area contributed by atoms with E-state index in [1.807, 2.05) is 31.2 Å². The van der Waals surface area contributed by atoms with Crippen LogP contribution in [0.2, 0.25) is 0 Å². The average molecular weight is 351 g/mol. The number of carboxylic acids is 1. The summed E-state index contributed by atoms with van der Waals surface area (Å²) in [5.41, 5.74) is 2.02. The third kappa shape index (κ3) is 3.58. The van der Waals surface area contributed by atoms with Crippen molar-refractivity contribution in [2.75, 3.05) is 7.11 Å². The normalized spacial score (nSPS) is 12.0. The molecule has 110 valence electrons. The van der Waals surface area contributed by atoms with Gasteiger partial charge in [0.05, 0.1) is 11.6 Å². The zero-order chi connectivity index (χ0) is 15.4. The van der Waals surface area contributed by atoms with E-state index in [0.717, 1.165) is 11.1 Å². The number of nitrogens with zero attached hydrogens (tertiary/aromatic N) is 2. The molecule has 21 heavy (non-hydrogen) atoms. The highest BCUT2D eigenvalue weighted by Crippen LogP contribution is 2.26. The van der Waals surface area contributed by atoms with Gasteiger partial charge in [-0.1, -0.05) is 24.3 Å². The van der Waals surface area contributed by atoms with Gasteiger partial charge in [0, 0.05) is 6.20 Å². The predicted octanol–water partition coefficient (Wildman–Crippen LogP) is 2.97. The second kappa shape index (κ2) is 6.67. The minimum Gasteiger partial charge on any atom is -0.481 e. The van der Waals surface area contributed by atoms with Crippen LogP contribution in [0.15, 0.2) is 34.9 Å². The van der Waals surface area contributed by atoms with E-state index in [4.69, 9.17) is 4.74 Å². The van der Waals surface area contributed by atoms with Crippen molar-refractivity contribution in [2.24, 2.45) is 0 Å². The molecule has 0 radical (unpaired) electrons. The molecule has 6 heteroatoms. The molecule has 1 N–H and O–H groups in total. The van der Waals surface area contributed by atoms with Crippen molar-refractivity contribution in [1.29, 1.82) is 0 Å². The van der Waals surface area contributed by atoms with E-state index in [1.54, 1.807) is 0 Å². The summed E-state index contributed by atoms with van der Waals surface area (Å²) < 4.78 is 5.69. The van der Waals surface area contributed by atoms with Crippen molar-refractivity contribution >= 4 is 21.9 Å². The Bertz CT molecular complexity index is 661. The number of ether oxygens (including phenoxy) is 1. The first-order valence-electron chi connectivity index (χ1n) is 6.36. The first-order chi connectivity index (χ1) is 10.0. The van der Waals surface area contributed by atoms with Gasteiger partial charge in [0.25, 0.3) is 0 Å². The Kier molecular flexibility index (Phi) is 4.90. The number of carbonyl (C=O) groups is 1. The average Bonchev–Trinajstić information content (AvgIpc) is 2.47. The lowest BCUT2D eigenvalue weighted by Gasteiger charge is -2.14. The zero-order valence-corrected chi connectivity index (χ0v) is 13.3. The first-order valence-corrected chi connectivity index (χ1v) is 7.16. The number of aryl methyl sites for hydroxylation is 1. The molecule has 1 aromatic carbocycles. The summed E-state index contributed by atoms with van der Waals surface area (Å²) in [5.74, 6) is -1.20. The lowest BCUT2D eigenvalue weighted by atomic mass is 9.95. The minimum absolute atomic E-state index is 0.241. The number of aromatic nitrogens is 2. The van der Waals surface area contributed by atoms with Gasteiger partial charge < -0.3 is 9.84 Å². The van der Waals surface area contributed by atoms with Crippen LogP contribution in [0.4, 0.5) is 0 Å². The van der Waals surface area contributed by atoms with Crippen molar-refractivity contribution in [3.63, 3.8) is 0 Å². The quantitative estimate of drug-likeness (QED) is 0.897. The lowest BCUT2D eigenvalue weighted by Crippen LogP contribution is -2.18. The monoisotopic (exact) mass is 350 g/mol. The van der Waals surface area contributed by atoms with Gasteiger partial charge in [0.1, 0.15) is 11.7 Å². The molecule has 1 unspecified atom stereocenters. The Hall–Kier alpha value is -1.95. The van der Waals surface area contributed by atoms with Crippen molar-refractivity contribution < 1.29 is 14.6 Å². The van der Waals surface area contributed by atoms with Crippen molar-refractivity contribution in [1.82, 2.24) is 9.97 Å². The van der Waals surface area contributed by atoms with E-state index in [9.17, 15) is 9.90 Å². The summed E-state index contributed by atoms with van der Waals surface area (Å²) in [7, 11) is 1.48. The second-order valence-electron chi connectivity index (χ2n) is 4.61. The van der Waals surface area contributed by atoms with Gasteiger partial charge >= 0.3 is 5.97 Å². The standard InChI is InChI=1S/C15H15BrN2O3/c1-9-5-3-4-6-10(9)7-11(15(19)20)13-17-8-12(16)14(18-13)21-2/h3-6,8,11H,7H2,1-2H3,(H,19,20). The van der Waals surface area contributed by atoms with Crippen LogP contribution in [0.1, 0.15) is 22.9 Å². The number of carboxylic acid groups (broad SMARTS) is 1. The Labute approximate surface area is 131 Å². The van der Waals surface area contributed by atoms with Crippen LogP contribution < -0.4 is 4.74 Å². The van der Waals surface area contributed by atoms with Crippen LogP contribution in [0.25, 0.3) is 0 Å². The smallest absolute Gasteiger partial charge is 0.314 e. The largest absolute Gasteiger partial charge is 0.481 e. The fraction of sp³-hybridized carbons (Fsp3) is 0.267. The molecular weight excluding hydrogens is 336 g/mol. The Morgan fingerprint density at radius 3 is 2.76 bits per heavy atom. The SMILES string of the molecule is COc1nc(C(Cc2ccccc2C)C(=O)O)ncc1Br. The zero-order valence-electron chi connectivity index (χ0n) is 11.7. The molecule has 0 saturated carbocycles. The maximum absolute atomic E-state index is 11.6. The van der Waals surface area contributed by atoms with Gasteiger partial charge in [-0.15, -0.1) is 0 Å². The summed E-state index contributed by atoms with van der Waals surface area (Å²) in [5, 5.41) is 9.48.